The summed E-state index contributed by atoms with van der Waals surface area (Å²) in [6.45, 7) is 0.453. The van der Waals surface area contributed by atoms with Crippen molar-refractivity contribution in [2.24, 2.45) is 0 Å². The van der Waals surface area contributed by atoms with Gasteiger partial charge in [-0.15, -0.1) is 11.3 Å². The summed E-state index contributed by atoms with van der Waals surface area (Å²) in [5, 5.41) is 1.64. The van der Waals surface area contributed by atoms with Crippen molar-refractivity contribution in [3.05, 3.63) is 125 Å². The largest absolute Gasteiger partial charge is 0.493 e. The zero-order valence-electron chi connectivity index (χ0n) is 20.7. The average molecular weight is 546 g/mol. The highest BCUT2D eigenvalue weighted by molar-refractivity contribution is 7.92. The molecule has 194 valence electrons. The SMILES string of the molecule is COc1cc(C=CCc2ccccc2C=CC(=O)NS(=O)(=O)c2cccs2)ccc1OCc1ccccc1. The Bertz CT molecular complexity index is 1530. The van der Waals surface area contributed by atoms with Crippen LogP contribution in [0.15, 0.2) is 107 Å². The molecule has 0 radical (unpaired) electrons. The number of hydrogen-bond donors (Lipinski definition) is 1. The fraction of sp³-hybridized carbons (Fsp3) is 0.100. The van der Waals surface area contributed by atoms with Gasteiger partial charge in [-0.05, 0) is 58.3 Å². The molecule has 0 fully saturated rings. The monoisotopic (exact) mass is 545 g/mol. The quantitative estimate of drug-likeness (QED) is 0.230. The minimum atomic E-state index is -3.87. The number of benzene rings is 3. The van der Waals surface area contributed by atoms with Gasteiger partial charge in [-0.2, -0.15) is 0 Å². The van der Waals surface area contributed by atoms with Gasteiger partial charge in [-0.3, -0.25) is 4.79 Å². The van der Waals surface area contributed by atoms with Crippen LogP contribution in [0.2, 0.25) is 0 Å². The number of sulfonamides is 1. The lowest BCUT2D eigenvalue weighted by atomic mass is 10.0. The van der Waals surface area contributed by atoms with E-state index in [1.807, 2.05) is 84.9 Å². The Kier molecular flexibility index (Phi) is 9.13. The predicted molar refractivity (Wildman–Crippen MR) is 152 cm³/mol. The van der Waals surface area contributed by atoms with Crippen molar-refractivity contribution in [1.82, 2.24) is 4.72 Å². The van der Waals surface area contributed by atoms with Gasteiger partial charge in [0.1, 0.15) is 10.8 Å². The molecule has 1 aromatic heterocycles. The Hall–Kier alpha value is -4.14. The van der Waals surface area contributed by atoms with Gasteiger partial charge in [-0.25, -0.2) is 13.1 Å². The van der Waals surface area contributed by atoms with E-state index in [0.717, 1.165) is 33.6 Å². The van der Waals surface area contributed by atoms with Crippen LogP contribution >= 0.6 is 11.3 Å². The fourth-order valence-corrected chi connectivity index (χ4v) is 5.58. The summed E-state index contributed by atoms with van der Waals surface area (Å²) >= 11 is 1.05. The summed E-state index contributed by atoms with van der Waals surface area (Å²) in [4.78, 5) is 12.2. The number of allylic oxidation sites excluding steroid dienone is 1. The number of ether oxygens (including phenoxy) is 2. The number of nitrogens with one attached hydrogen (secondary N) is 1. The average Bonchev–Trinajstić information content (AvgIpc) is 3.48. The molecule has 0 saturated carbocycles. The van der Waals surface area contributed by atoms with Gasteiger partial charge in [0.25, 0.3) is 15.9 Å². The molecule has 4 rings (SSSR count). The van der Waals surface area contributed by atoms with Crippen LogP contribution in [0.1, 0.15) is 22.3 Å². The number of carbonyl (C=O) groups is 1. The third-order valence-corrected chi connectivity index (χ3v) is 8.28. The Labute approximate surface area is 226 Å². The third-order valence-electron chi connectivity index (χ3n) is 5.54. The first kappa shape index (κ1) is 26.9. The highest BCUT2D eigenvalue weighted by Gasteiger charge is 2.17. The van der Waals surface area contributed by atoms with Crippen molar-refractivity contribution in [2.45, 2.75) is 17.2 Å². The van der Waals surface area contributed by atoms with Crippen LogP contribution in [-0.4, -0.2) is 21.4 Å². The van der Waals surface area contributed by atoms with Gasteiger partial charge in [0.05, 0.1) is 7.11 Å². The molecule has 0 saturated heterocycles. The number of amides is 1. The maximum atomic E-state index is 12.2. The molecule has 0 atom stereocenters. The molecule has 0 aliphatic carbocycles. The number of methoxy groups -OCH3 is 1. The minimum Gasteiger partial charge on any atom is -0.493 e. The first-order chi connectivity index (χ1) is 18.4. The van der Waals surface area contributed by atoms with Crippen LogP contribution < -0.4 is 14.2 Å². The molecule has 3 aromatic carbocycles. The normalized spacial score (nSPS) is 11.6. The molecule has 4 aromatic rings. The third kappa shape index (κ3) is 7.44. The Morgan fingerprint density at radius 3 is 2.47 bits per heavy atom. The predicted octanol–water partition coefficient (Wildman–Crippen LogP) is 6.11. The van der Waals surface area contributed by atoms with Gasteiger partial charge in [0.15, 0.2) is 11.5 Å². The van der Waals surface area contributed by atoms with Crippen LogP contribution in [-0.2, 0) is 27.8 Å². The molecule has 8 heteroatoms. The fourth-order valence-electron chi connectivity index (χ4n) is 3.65. The molecule has 6 nitrogen and oxygen atoms in total. The molecule has 1 N–H and O–H groups in total. The van der Waals surface area contributed by atoms with Crippen molar-refractivity contribution < 1.29 is 22.7 Å². The minimum absolute atomic E-state index is 0.0946. The van der Waals surface area contributed by atoms with E-state index in [1.165, 1.54) is 12.1 Å². The zero-order chi connectivity index (χ0) is 26.8. The van der Waals surface area contributed by atoms with E-state index in [0.29, 0.717) is 24.5 Å². The van der Waals surface area contributed by atoms with Crippen molar-refractivity contribution in [2.75, 3.05) is 7.11 Å². The molecular formula is C30H27NO5S2. The molecule has 0 spiro atoms. The lowest BCUT2D eigenvalue weighted by Crippen LogP contribution is -2.28. The first-order valence-corrected chi connectivity index (χ1v) is 14.2. The lowest BCUT2D eigenvalue weighted by Gasteiger charge is -2.11. The maximum absolute atomic E-state index is 12.2. The van der Waals surface area contributed by atoms with E-state index in [-0.39, 0.29) is 4.21 Å². The molecule has 1 heterocycles. The molecular weight excluding hydrogens is 518 g/mol. The van der Waals surface area contributed by atoms with Crippen molar-refractivity contribution in [3.8, 4) is 11.5 Å². The van der Waals surface area contributed by atoms with Gasteiger partial charge in [-0.1, -0.05) is 78.9 Å². The number of rotatable bonds is 11. The van der Waals surface area contributed by atoms with E-state index in [9.17, 15) is 13.2 Å². The lowest BCUT2D eigenvalue weighted by molar-refractivity contribution is -0.114. The summed E-state index contributed by atoms with van der Waals surface area (Å²) in [5.41, 5.74) is 3.85. The summed E-state index contributed by atoms with van der Waals surface area (Å²) in [5.74, 6) is 0.615. The summed E-state index contributed by atoms with van der Waals surface area (Å²) in [6.07, 6.45) is 7.47. The van der Waals surface area contributed by atoms with Crippen molar-refractivity contribution in [3.63, 3.8) is 0 Å². The van der Waals surface area contributed by atoms with E-state index >= 15 is 0 Å². The molecule has 0 aliphatic rings. The zero-order valence-corrected chi connectivity index (χ0v) is 22.4. The Morgan fingerprint density at radius 2 is 1.71 bits per heavy atom. The van der Waals surface area contributed by atoms with E-state index in [1.54, 1.807) is 24.6 Å². The Balaban J connectivity index is 1.38. The van der Waals surface area contributed by atoms with E-state index < -0.39 is 15.9 Å². The van der Waals surface area contributed by atoms with Gasteiger partial charge >= 0.3 is 0 Å². The molecule has 0 bridgehead atoms. The van der Waals surface area contributed by atoms with Crippen LogP contribution in [0, 0.1) is 0 Å². The second-order valence-corrected chi connectivity index (χ2v) is 11.1. The summed E-state index contributed by atoms with van der Waals surface area (Å²) in [7, 11) is -2.25. The van der Waals surface area contributed by atoms with Gasteiger partial charge < -0.3 is 9.47 Å². The number of thiophene rings is 1. The van der Waals surface area contributed by atoms with Crippen LogP contribution in [0.5, 0.6) is 11.5 Å². The van der Waals surface area contributed by atoms with Gasteiger partial charge in [0, 0.05) is 6.08 Å². The molecule has 0 unspecified atom stereocenters. The van der Waals surface area contributed by atoms with Crippen LogP contribution in [0.4, 0.5) is 0 Å². The number of hydrogen-bond acceptors (Lipinski definition) is 6. The highest BCUT2D eigenvalue weighted by Crippen LogP contribution is 2.29. The highest BCUT2D eigenvalue weighted by atomic mass is 32.2. The summed E-state index contributed by atoms with van der Waals surface area (Å²) < 4.78 is 38.1. The van der Waals surface area contributed by atoms with E-state index in [4.69, 9.17) is 9.47 Å². The second-order valence-electron chi connectivity index (χ2n) is 8.23. The topological polar surface area (TPSA) is 81.7 Å². The number of carbonyl (C=O) groups excluding carboxylic acids is 1. The smallest absolute Gasteiger partial charge is 0.273 e. The van der Waals surface area contributed by atoms with Crippen LogP contribution in [0.3, 0.4) is 0 Å². The molecule has 1 amide bonds. The van der Waals surface area contributed by atoms with Crippen molar-refractivity contribution in [1.29, 1.82) is 0 Å². The second kappa shape index (κ2) is 12.9. The van der Waals surface area contributed by atoms with Gasteiger partial charge in [0.2, 0.25) is 0 Å². The Morgan fingerprint density at radius 1 is 0.921 bits per heavy atom. The summed E-state index contributed by atoms with van der Waals surface area (Å²) in [6, 6.07) is 26.4. The molecule has 38 heavy (non-hydrogen) atoms. The molecule has 0 aliphatic heterocycles. The maximum Gasteiger partial charge on any atom is 0.273 e. The van der Waals surface area contributed by atoms with E-state index in [2.05, 4.69) is 4.72 Å². The van der Waals surface area contributed by atoms with Crippen LogP contribution in [0.25, 0.3) is 12.2 Å². The van der Waals surface area contributed by atoms with Crippen molar-refractivity contribution >= 4 is 39.4 Å². The standard InChI is InChI=1S/C30H27NO5S2/c1-35-28-21-23(16-18-27(28)36-22-24-9-3-2-4-10-24)11-7-14-25-12-5-6-13-26(25)17-19-29(32)31-38(33,34)30-15-8-20-37-30/h2-13,15-21H,14,22H2,1H3,(H,31,32). The first-order valence-electron chi connectivity index (χ1n) is 11.8.